The zero-order chi connectivity index (χ0) is 20.8. The van der Waals surface area contributed by atoms with Gasteiger partial charge in [0.1, 0.15) is 0 Å². The van der Waals surface area contributed by atoms with Crippen molar-refractivity contribution in [2.24, 2.45) is 10.7 Å². The van der Waals surface area contributed by atoms with Crippen molar-refractivity contribution >= 4 is 23.2 Å². The molecule has 2 N–H and O–H groups in total. The van der Waals surface area contributed by atoms with E-state index in [4.69, 9.17) is 5.73 Å². The minimum absolute atomic E-state index is 0.0300. The van der Waals surface area contributed by atoms with Crippen molar-refractivity contribution in [2.45, 2.75) is 11.7 Å². The molecule has 148 valence electrons. The fraction of sp³-hybridized carbons (Fsp3) is 0.150. The number of carbonyl (C=O) groups is 1. The summed E-state index contributed by atoms with van der Waals surface area (Å²) in [5, 5.41) is 3.89. The summed E-state index contributed by atoms with van der Waals surface area (Å²) < 4.78 is 38.9. The SMILES string of the molecule is CN1C(=O)C(c2cccc(-c3ccsc3)c2)(c2ccc(C(F)(F)F)cn2)N=C1N. The van der Waals surface area contributed by atoms with Gasteiger partial charge < -0.3 is 5.73 Å². The van der Waals surface area contributed by atoms with Crippen LogP contribution in [0.5, 0.6) is 0 Å². The summed E-state index contributed by atoms with van der Waals surface area (Å²) in [6.07, 6.45) is -3.83. The summed E-state index contributed by atoms with van der Waals surface area (Å²) in [7, 11) is 1.47. The number of thiophene rings is 1. The Morgan fingerprint density at radius 1 is 1.14 bits per heavy atom. The number of likely N-dealkylation sites (N-methyl/N-ethyl adjacent to an activating group) is 1. The number of halogens is 3. The molecule has 1 aromatic carbocycles. The van der Waals surface area contributed by atoms with Gasteiger partial charge in [-0.2, -0.15) is 24.5 Å². The molecular formula is C20H15F3N4OS. The molecule has 1 aliphatic rings. The third-order valence-corrected chi connectivity index (χ3v) is 5.52. The van der Waals surface area contributed by atoms with Crippen molar-refractivity contribution < 1.29 is 18.0 Å². The standard InChI is InChI=1S/C20H15F3N4OS/c1-27-17(28)19(26-18(27)24,16-6-5-15(10-25-16)20(21,22)23)14-4-2-3-12(9-14)13-7-8-29-11-13/h2-11H,1H3,(H2,24,26). The van der Waals surface area contributed by atoms with Gasteiger partial charge in [0, 0.05) is 13.2 Å². The van der Waals surface area contributed by atoms with Crippen LogP contribution in [0.3, 0.4) is 0 Å². The molecule has 5 nitrogen and oxygen atoms in total. The molecule has 3 aromatic rings. The second kappa shape index (κ2) is 6.70. The predicted molar refractivity (Wildman–Crippen MR) is 104 cm³/mol. The number of rotatable bonds is 3. The summed E-state index contributed by atoms with van der Waals surface area (Å²) in [5.74, 6) is -0.512. The number of alkyl halides is 3. The van der Waals surface area contributed by atoms with Crippen molar-refractivity contribution in [3.63, 3.8) is 0 Å². The van der Waals surface area contributed by atoms with Crippen molar-refractivity contribution in [3.05, 3.63) is 76.2 Å². The number of nitrogens with two attached hydrogens (primary N) is 1. The molecule has 0 saturated carbocycles. The van der Waals surface area contributed by atoms with E-state index in [1.165, 1.54) is 29.4 Å². The van der Waals surface area contributed by atoms with Gasteiger partial charge in [-0.05, 0) is 51.7 Å². The number of guanidine groups is 1. The summed E-state index contributed by atoms with van der Waals surface area (Å²) in [6.45, 7) is 0. The molecule has 1 atom stereocenters. The van der Waals surface area contributed by atoms with E-state index >= 15 is 0 Å². The monoisotopic (exact) mass is 416 g/mol. The molecule has 29 heavy (non-hydrogen) atoms. The first-order chi connectivity index (χ1) is 13.7. The highest BCUT2D eigenvalue weighted by Gasteiger charge is 2.51. The molecule has 1 amide bonds. The number of nitrogens with zero attached hydrogens (tertiary/aromatic N) is 3. The van der Waals surface area contributed by atoms with E-state index in [1.54, 1.807) is 18.2 Å². The zero-order valence-corrected chi connectivity index (χ0v) is 16.0. The normalized spacial score (nSPS) is 19.5. The van der Waals surface area contributed by atoms with E-state index in [0.717, 1.165) is 17.2 Å². The van der Waals surface area contributed by atoms with Gasteiger partial charge >= 0.3 is 6.18 Å². The Morgan fingerprint density at radius 2 is 1.93 bits per heavy atom. The van der Waals surface area contributed by atoms with Crippen LogP contribution >= 0.6 is 11.3 Å². The molecule has 4 rings (SSSR count). The van der Waals surface area contributed by atoms with Gasteiger partial charge in [-0.1, -0.05) is 18.2 Å². The first-order valence-electron chi connectivity index (χ1n) is 8.54. The fourth-order valence-corrected chi connectivity index (χ4v) is 3.94. The van der Waals surface area contributed by atoms with Crippen LogP contribution in [0.4, 0.5) is 13.2 Å². The van der Waals surface area contributed by atoms with Crippen LogP contribution in [0.25, 0.3) is 11.1 Å². The molecule has 0 radical (unpaired) electrons. The first kappa shape index (κ1) is 19.1. The highest BCUT2D eigenvalue weighted by Crippen LogP contribution is 2.40. The molecule has 2 aromatic heterocycles. The van der Waals surface area contributed by atoms with Crippen LogP contribution in [-0.4, -0.2) is 28.8 Å². The summed E-state index contributed by atoms with van der Waals surface area (Å²) in [6, 6.07) is 11.1. The maximum Gasteiger partial charge on any atom is 0.417 e. The Morgan fingerprint density at radius 3 is 2.48 bits per heavy atom. The molecule has 1 aliphatic heterocycles. The minimum Gasteiger partial charge on any atom is -0.369 e. The smallest absolute Gasteiger partial charge is 0.369 e. The Balaban J connectivity index is 1.90. The second-order valence-electron chi connectivity index (χ2n) is 6.57. The van der Waals surface area contributed by atoms with Crippen molar-refractivity contribution in [2.75, 3.05) is 7.05 Å². The molecule has 9 heteroatoms. The fourth-order valence-electron chi connectivity index (χ4n) is 3.27. The predicted octanol–water partition coefficient (Wildman–Crippen LogP) is 3.86. The maximum atomic E-state index is 13.2. The number of carbonyl (C=O) groups excluding carboxylic acids is 1. The number of benzene rings is 1. The van der Waals surface area contributed by atoms with Crippen LogP contribution in [0.15, 0.2) is 64.4 Å². The lowest BCUT2D eigenvalue weighted by Crippen LogP contribution is -2.41. The highest BCUT2D eigenvalue weighted by atomic mass is 32.1. The zero-order valence-electron chi connectivity index (χ0n) is 15.1. The van der Waals surface area contributed by atoms with Gasteiger partial charge in [0.2, 0.25) is 5.54 Å². The Hall–Kier alpha value is -3.20. The summed E-state index contributed by atoms with van der Waals surface area (Å²) in [4.78, 5) is 22.7. The maximum absolute atomic E-state index is 13.2. The summed E-state index contributed by atoms with van der Waals surface area (Å²) >= 11 is 1.53. The lowest BCUT2D eigenvalue weighted by atomic mass is 9.84. The third-order valence-electron chi connectivity index (χ3n) is 4.84. The number of hydrogen-bond donors (Lipinski definition) is 1. The van der Waals surface area contributed by atoms with Crippen LogP contribution in [0.2, 0.25) is 0 Å². The third kappa shape index (κ3) is 3.07. The van der Waals surface area contributed by atoms with Gasteiger partial charge in [0.05, 0.1) is 11.3 Å². The molecule has 0 spiro atoms. The number of amides is 1. The number of aromatic nitrogens is 1. The van der Waals surface area contributed by atoms with Gasteiger partial charge in [0.25, 0.3) is 5.91 Å². The van der Waals surface area contributed by atoms with Crippen LogP contribution in [-0.2, 0) is 16.5 Å². The van der Waals surface area contributed by atoms with Crippen molar-refractivity contribution in [3.8, 4) is 11.1 Å². The van der Waals surface area contributed by atoms with E-state index in [0.29, 0.717) is 11.8 Å². The number of pyridine rings is 1. The average Bonchev–Trinajstić information content (AvgIpc) is 3.32. The Labute approximate surface area is 168 Å². The van der Waals surface area contributed by atoms with E-state index in [9.17, 15) is 18.0 Å². The van der Waals surface area contributed by atoms with Crippen LogP contribution in [0.1, 0.15) is 16.8 Å². The molecular weight excluding hydrogens is 401 g/mol. The Kier molecular flexibility index (Phi) is 4.42. The molecule has 0 fully saturated rings. The average molecular weight is 416 g/mol. The molecule has 0 bridgehead atoms. The minimum atomic E-state index is -4.53. The van der Waals surface area contributed by atoms with Crippen molar-refractivity contribution in [1.82, 2.24) is 9.88 Å². The van der Waals surface area contributed by atoms with Gasteiger partial charge in [-0.25, -0.2) is 4.99 Å². The van der Waals surface area contributed by atoms with Crippen LogP contribution in [0, 0.1) is 0 Å². The van der Waals surface area contributed by atoms with E-state index < -0.39 is 23.2 Å². The molecule has 3 heterocycles. The molecule has 0 saturated heterocycles. The van der Waals surface area contributed by atoms with E-state index in [1.807, 2.05) is 22.9 Å². The molecule has 0 aliphatic carbocycles. The Bertz CT molecular complexity index is 1090. The second-order valence-corrected chi connectivity index (χ2v) is 7.35. The lowest BCUT2D eigenvalue weighted by Gasteiger charge is -2.25. The van der Waals surface area contributed by atoms with Crippen LogP contribution < -0.4 is 5.73 Å². The van der Waals surface area contributed by atoms with Crippen molar-refractivity contribution in [1.29, 1.82) is 0 Å². The number of hydrogen-bond acceptors (Lipinski definition) is 5. The van der Waals surface area contributed by atoms with Gasteiger partial charge in [-0.15, -0.1) is 0 Å². The van der Waals surface area contributed by atoms with E-state index in [-0.39, 0.29) is 11.7 Å². The quantitative estimate of drug-likeness (QED) is 0.705. The lowest BCUT2D eigenvalue weighted by molar-refractivity contribution is -0.137. The first-order valence-corrected chi connectivity index (χ1v) is 9.48. The van der Waals surface area contributed by atoms with Gasteiger partial charge in [-0.3, -0.25) is 14.7 Å². The number of aliphatic imine (C=N–C) groups is 1. The largest absolute Gasteiger partial charge is 0.417 e. The molecule has 1 unspecified atom stereocenters. The van der Waals surface area contributed by atoms with E-state index in [2.05, 4.69) is 9.98 Å². The topological polar surface area (TPSA) is 71.6 Å². The summed E-state index contributed by atoms with van der Waals surface area (Å²) in [5.41, 5.74) is 5.72. The van der Waals surface area contributed by atoms with Gasteiger partial charge in [0.15, 0.2) is 5.96 Å². The highest BCUT2D eigenvalue weighted by molar-refractivity contribution is 7.08.